The highest BCUT2D eigenvalue weighted by molar-refractivity contribution is 8.14. The number of hydrogen-bond donors (Lipinski definition) is 2. The Kier molecular flexibility index (Phi) is 11.0. The van der Waals surface area contributed by atoms with Gasteiger partial charge in [-0.2, -0.15) is 5.10 Å². The van der Waals surface area contributed by atoms with Crippen molar-refractivity contribution in [2.45, 2.75) is 44.9 Å². The number of nitrogens with zero attached hydrogens (tertiary/aromatic N) is 4. The number of nitrogens with one attached hydrogen (secondary N) is 1. The first-order valence-corrected chi connectivity index (χ1v) is 12.9. The van der Waals surface area contributed by atoms with Crippen LogP contribution in [0.15, 0.2) is 34.3 Å². The normalized spacial score (nSPS) is 11.5. The van der Waals surface area contributed by atoms with Crippen LogP contribution in [0.3, 0.4) is 0 Å². The van der Waals surface area contributed by atoms with Gasteiger partial charge in [0, 0.05) is 23.5 Å². The van der Waals surface area contributed by atoms with Crippen LogP contribution in [0.2, 0.25) is 0 Å². The first kappa shape index (κ1) is 24.5. The molecule has 0 atom stereocenters. The molecule has 0 spiro atoms. The monoisotopic (exact) mass is 466 g/mol. The zero-order valence-electron chi connectivity index (χ0n) is 17.8. The standard InChI is InChI=1S/C20H30N6OS3/c1-4-7-13-26(12-5-2)20(23-21)29-14-17(27)22-19-25-24-18(30-19)15-8-10-16(11-9-15)28-6-3/h8-11H,4-7,12-14,21H2,1-3H3,(H,22,25,27)/b23-20+. The van der Waals surface area contributed by atoms with E-state index in [0.29, 0.717) is 10.3 Å². The van der Waals surface area contributed by atoms with E-state index in [0.717, 1.165) is 48.7 Å². The molecule has 2 rings (SSSR count). The average molecular weight is 467 g/mol. The molecule has 0 saturated heterocycles. The summed E-state index contributed by atoms with van der Waals surface area (Å²) in [6.07, 6.45) is 3.17. The summed E-state index contributed by atoms with van der Waals surface area (Å²) in [4.78, 5) is 15.7. The molecular formula is C20H30N6OS3. The summed E-state index contributed by atoms with van der Waals surface area (Å²) in [5, 5.41) is 17.0. The molecular weight excluding hydrogens is 436 g/mol. The predicted octanol–water partition coefficient (Wildman–Crippen LogP) is 4.73. The molecule has 1 aromatic carbocycles. The molecule has 0 fully saturated rings. The van der Waals surface area contributed by atoms with Crippen LogP contribution >= 0.6 is 34.9 Å². The Hall–Kier alpha value is -1.78. The van der Waals surface area contributed by atoms with E-state index in [4.69, 9.17) is 5.84 Å². The summed E-state index contributed by atoms with van der Waals surface area (Å²) >= 11 is 4.51. The lowest BCUT2D eigenvalue weighted by atomic mass is 10.2. The number of aromatic nitrogens is 2. The minimum absolute atomic E-state index is 0.148. The Morgan fingerprint density at radius 2 is 1.93 bits per heavy atom. The molecule has 0 saturated carbocycles. The number of rotatable bonds is 11. The number of amidine groups is 1. The Labute approximate surface area is 191 Å². The highest BCUT2D eigenvalue weighted by Gasteiger charge is 2.15. The van der Waals surface area contributed by atoms with Crippen molar-refractivity contribution in [3.63, 3.8) is 0 Å². The predicted molar refractivity (Wildman–Crippen MR) is 131 cm³/mol. The van der Waals surface area contributed by atoms with E-state index in [-0.39, 0.29) is 11.7 Å². The van der Waals surface area contributed by atoms with Crippen molar-refractivity contribution < 1.29 is 4.79 Å². The topological polar surface area (TPSA) is 96.5 Å². The van der Waals surface area contributed by atoms with Gasteiger partial charge in [-0.15, -0.1) is 22.0 Å². The lowest BCUT2D eigenvalue weighted by Crippen LogP contribution is -2.32. The van der Waals surface area contributed by atoms with Gasteiger partial charge in [0.1, 0.15) is 5.01 Å². The number of benzene rings is 1. The highest BCUT2D eigenvalue weighted by atomic mass is 32.2. The van der Waals surface area contributed by atoms with E-state index in [1.807, 2.05) is 12.1 Å². The summed E-state index contributed by atoms with van der Waals surface area (Å²) in [6.45, 7) is 8.17. The number of carbonyl (C=O) groups excluding carboxylic acids is 1. The van der Waals surface area contributed by atoms with Crippen molar-refractivity contribution in [2.24, 2.45) is 10.9 Å². The van der Waals surface area contributed by atoms with Gasteiger partial charge in [-0.25, -0.2) is 0 Å². The molecule has 0 aliphatic heterocycles. The number of unbranched alkanes of at least 4 members (excludes halogenated alkanes) is 1. The second-order valence-corrected chi connectivity index (χ2v) is 9.72. The van der Waals surface area contributed by atoms with Crippen LogP contribution in [0.4, 0.5) is 5.13 Å². The maximum Gasteiger partial charge on any atom is 0.236 e. The molecule has 2 aromatic rings. The third-order valence-electron chi connectivity index (χ3n) is 4.07. The molecule has 3 N–H and O–H groups in total. The van der Waals surface area contributed by atoms with Gasteiger partial charge in [0.05, 0.1) is 5.75 Å². The van der Waals surface area contributed by atoms with Gasteiger partial charge in [0.25, 0.3) is 0 Å². The largest absolute Gasteiger partial charge is 0.350 e. The van der Waals surface area contributed by atoms with E-state index in [9.17, 15) is 4.79 Å². The molecule has 0 bridgehead atoms. The van der Waals surface area contributed by atoms with Crippen LogP contribution in [0.25, 0.3) is 10.6 Å². The van der Waals surface area contributed by atoms with Crippen LogP contribution < -0.4 is 11.2 Å². The quantitative estimate of drug-likeness (QED) is 0.162. The molecule has 0 radical (unpaired) electrons. The lowest BCUT2D eigenvalue weighted by molar-refractivity contribution is -0.113. The molecule has 164 valence electrons. The van der Waals surface area contributed by atoms with Crippen LogP contribution in [-0.2, 0) is 4.79 Å². The maximum absolute atomic E-state index is 12.4. The molecule has 0 aliphatic rings. The van der Waals surface area contributed by atoms with Crippen molar-refractivity contribution in [3.05, 3.63) is 24.3 Å². The van der Waals surface area contributed by atoms with Gasteiger partial charge in [-0.3, -0.25) is 10.1 Å². The van der Waals surface area contributed by atoms with Gasteiger partial charge >= 0.3 is 0 Å². The average Bonchev–Trinajstić information content (AvgIpc) is 3.21. The van der Waals surface area contributed by atoms with Crippen molar-refractivity contribution in [1.29, 1.82) is 0 Å². The first-order chi connectivity index (χ1) is 14.6. The number of hydrogen-bond acceptors (Lipinski definition) is 8. The van der Waals surface area contributed by atoms with Gasteiger partial charge in [0.2, 0.25) is 11.0 Å². The van der Waals surface area contributed by atoms with Gasteiger partial charge in [-0.1, -0.05) is 62.4 Å². The Morgan fingerprint density at radius 3 is 2.57 bits per heavy atom. The smallest absolute Gasteiger partial charge is 0.236 e. The minimum atomic E-state index is -0.148. The van der Waals surface area contributed by atoms with Crippen molar-refractivity contribution in [1.82, 2.24) is 15.1 Å². The van der Waals surface area contributed by atoms with Gasteiger partial charge < -0.3 is 10.7 Å². The van der Waals surface area contributed by atoms with Crippen LogP contribution in [-0.4, -0.2) is 50.8 Å². The van der Waals surface area contributed by atoms with E-state index in [1.54, 1.807) is 11.8 Å². The van der Waals surface area contributed by atoms with Crippen molar-refractivity contribution in [3.8, 4) is 10.6 Å². The number of nitrogens with two attached hydrogens (primary N) is 1. The highest BCUT2D eigenvalue weighted by Crippen LogP contribution is 2.28. The molecule has 1 amide bonds. The summed E-state index contributed by atoms with van der Waals surface area (Å²) in [5.41, 5.74) is 0.992. The Morgan fingerprint density at radius 1 is 1.17 bits per heavy atom. The Balaban J connectivity index is 1.90. The van der Waals surface area contributed by atoms with Crippen molar-refractivity contribution in [2.75, 3.05) is 29.9 Å². The second-order valence-electron chi connectivity index (χ2n) is 6.46. The maximum atomic E-state index is 12.4. The van der Waals surface area contributed by atoms with E-state index < -0.39 is 0 Å². The molecule has 0 unspecified atom stereocenters. The second kappa shape index (κ2) is 13.5. The number of hydrazone groups is 1. The summed E-state index contributed by atoms with van der Waals surface area (Å²) in [6, 6.07) is 8.22. The van der Waals surface area contributed by atoms with Crippen LogP contribution in [0.1, 0.15) is 40.0 Å². The molecule has 10 heteroatoms. The molecule has 7 nitrogen and oxygen atoms in total. The van der Waals surface area contributed by atoms with E-state index in [1.165, 1.54) is 28.0 Å². The van der Waals surface area contributed by atoms with Crippen molar-refractivity contribution >= 4 is 51.1 Å². The van der Waals surface area contributed by atoms with E-state index in [2.05, 4.69) is 58.4 Å². The fourth-order valence-corrected chi connectivity index (χ4v) is 4.87. The molecule has 0 aliphatic carbocycles. The van der Waals surface area contributed by atoms with Crippen LogP contribution in [0, 0.1) is 0 Å². The zero-order valence-corrected chi connectivity index (χ0v) is 20.2. The number of amides is 1. The van der Waals surface area contributed by atoms with Crippen LogP contribution in [0.5, 0.6) is 0 Å². The zero-order chi connectivity index (χ0) is 21.8. The number of carbonyl (C=O) groups is 1. The summed E-state index contributed by atoms with van der Waals surface area (Å²) < 4.78 is 0. The van der Waals surface area contributed by atoms with Gasteiger partial charge in [0.15, 0.2) is 5.17 Å². The third-order valence-corrected chi connectivity index (χ3v) is 6.88. The summed E-state index contributed by atoms with van der Waals surface area (Å²) in [7, 11) is 0. The fraction of sp³-hybridized carbons (Fsp3) is 0.500. The number of thioether (sulfide) groups is 2. The van der Waals surface area contributed by atoms with Gasteiger partial charge in [-0.05, 0) is 30.7 Å². The number of anilines is 1. The molecule has 30 heavy (non-hydrogen) atoms. The Bertz CT molecular complexity index is 809. The third kappa shape index (κ3) is 7.81. The first-order valence-electron chi connectivity index (χ1n) is 10.1. The molecule has 1 heterocycles. The summed E-state index contributed by atoms with van der Waals surface area (Å²) in [5.74, 6) is 6.70. The lowest BCUT2D eigenvalue weighted by Gasteiger charge is -2.24. The fourth-order valence-electron chi connectivity index (χ4n) is 2.67. The minimum Gasteiger partial charge on any atom is -0.350 e. The molecule has 1 aromatic heterocycles. The van der Waals surface area contributed by atoms with E-state index >= 15 is 0 Å². The SMILES string of the molecule is CCCCN(CCC)/C(=N\N)SCC(=O)Nc1nnc(-c2ccc(SCC)cc2)s1.